The molecular weight excluding hydrogens is 271 g/mol. The Morgan fingerprint density at radius 2 is 2.00 bits per heavy atom. The molecule has 18 heavy (non-hydrogen) atoms. The van der Waals surface area contributed by atoms with Crippen LogP contribution in [0.25, 0.3) is 0 Å². The van der Waals surface area contributed by atoms with Gasteiger partial charge in [-0.2, -0.15) is 0 Å². The number of methoxy groups -OCH3 is 1. The highest BCUT2D eigenvalue weighted by Gasteiger charge is 2.32. The van der Waals surface area contributed by atoms with Crippen molar-refractivity contribution in [3.63, 3.8) is 0 Å². The van der Waals surface area contributed by atoms with E-state index < -0.39 is 6.36 Å². The first-order valence-corrected chi connectivity index (χ1v) is 5.16. The highest BCUT2D eigenvalue weighted by Crippen LogP contribution is 2.35. The van der Waals surface area contributed by atoms with Gasteiger partial charge in [0.2, 0.25) is 0 Å². The Balaban J connectivity index is 0.00000162. The van der Waals surface area contributed by atoms with E-state index in [-0.39, 0.29) is 24.2 Å². The lowest BCUT2D eigenvalue weighted by Crippen LogP contribution is -2.35. The molecule has 1 N–H and O–H groups in total. The van der Waals surface area contributed by atoms with Crippen molar-refractivity contribution in [2.45, 2.75) is 18.8 Å². The van der Waals surface area contributed by atoms with Gasteiger partial charge in [0.1, 0.15) is 11.5 Å². The smallest absolute Gasteiger partial charge is 0.496 e. The van der Waals surface area contributed by atoms with E-state index in [2.05, 4.69) is 10.1 Å². The quantitative estimate of drug-likeness (QED) is 0.925. The average molecular weight is 284 g/mol. The molecule has 0 saturated carbocycles. The molecule has 0 radical (unpaired) electrons. The number of rotatable bonds is 3. The van der Waals surface area contributed by atoms with Crippen LogP contribution >= 0.6 is 12.4 Å². The van der Waals surface area contributed by atoms with Gasteiger partial charge in [-0.05, 0) is 19.0 Å². The summed E-state index contributed by atoms with van der Waals surface area (Å²) in [4.78, 5) is 0. The van der Waals surface area contributed by atoms with Gasteiger partial charge in [-0.3, -0.25) is 0 Å². The second-order valence-electron chi connectivity index (χ2n) is 3.75. The number of hydrogen-bond acceptors (Lipinski definition) is 3. The Bertz CT molecular complexity index is 408. The van der Waals surface area contributed by atoms with Crippen LogP contribution in [0, 0.1) is 0 Å². The minimum Gasteiger partial charge on any atom is -0.496 e. The Labute approximate surface area is 109 Å². The van der Waals surface area contributed by atoms with E-state index >= 15 is 0 Å². The van der Waals surface area contributed by atoms with E-state index in [0.717, 1.165) is 18.5 Å². The third-order valence-corrected chi connectivity index (χ3v) is 2.64. The SMILES string of the molecule is COc1cc(OC(F)(F)F)ccc1[C@H]1CCN1.Cl. The predicted molar refractivity (Wildman–Crippen MR) is 62.3 cm³/mol. The Kier molecular flexibility index (Phi) is 4.70. The van der Waals surface area contributed by atoms with Crippen molar-refractivity contribution < 1.29 is 22.6 Å². The summed E-state index contributed by atoms with van der Waals surface area (Å²) >= 11 is 0. The van der Waals surface area contributed by atoms with Crippen LogP contribution < -0.4 is 14.8 Å². The van der Waals surface area contributed by atoms with E-state index in [1.165, 1.54) is 19.2 Å². The maximum atomic E-state index is 12.0. The van der Waals surface area contributed by atoms with Gasteiger partial charge >= 0.3 is 6.36 Å². The van der Waals surface area contributed by atoms with Gasteiger partial charge in [0.25, 0.3) is 0 Å². The normalized spacial score (nSPS) is 18.6. The largest absolute Gasteiger partial charge is 0.573 e. The first-order valence-electron chi connectivity index (χ1n) is 5.16. The summed E-state index contributed by atoms with van der Waals surface area (Å²) < 4.78 is 45.0. The Morgan fingerprint density at radius 1 is 1.33 bits per heavy atom. The van der Waals surface area contributed by atoms with Gasteiger partial charge in [-0.15, -0.1) is 25.6 Å². The first kappa shape index (κ1) is 14.9. The molecule has 0 aromatic heterocycles. The van der Waals surface area contributed by atoms with Crippen LogP contribution in [0.2, 0.25) is 0 Å². The molecule has 3 nitrogen and oxygen atoms in total. The molecule has 7 heteroatoms. The summed E-state index contributed by atoms with van der Waals surface area (Å²) in [6.45, 7) is 0.911. The topological polar surface area (TPSA) is 30.5 Å². The number of halogens is 4. The van der Waals surface area contributed by atoms with Crippen molar-refractivity contribution >= 4 is 12.4 Å². The maximum absolute atomic E-state index is 12.0. The molecule has 0 unspecified atom stereocenters. The molecule has 1 saturated heterocycles. The standard InChI is InChI=1S/C11H12F3NO2.ClH/c1-16-10-6-7(17-11(12,13)14)2-3-8(10)9-4-5-15-9;/h2-3,6,9,15H,4-5H2,1H3;1H/t9-;/m1./s1. The van der Waals surface area contributed by atoms with Crippen LogP contribution in [0.3, 0.4) is 0 Å². The van der Waals surface area contributed by atoms with Gasteiger partial charge in [0.05, 0.1) is 7.11 Å². The number of benzene rings is 1. The zero-order valence-corrected chi connectivity index (χ0v) is 10.4. The fraction of sp³-hybridized carbons (Fsp3) is 0.455. The summed E-state index contributed by atoms with van der Waals surface area (Å²) in [5.41, 5.74) is 0.855. The van der Waals surface area contributed by atoms with Gasteiger partial charge < -0.3 is 14.8 Å². The van der Waals surface area contributed by atoms with Crippen molar-refractivity contribution in [3.8, 4) is 11.5 Å². The predicted octanol–water partition coefficient (Wildman–Crippen LogP) is 3.05. The lowest BCUT2D eigenvalue weighted by molar-refractivity contribution is -0.274. The van der Waals surface area contributed by atoms with Crippen molar-refractivity contribution in [1.29, 1.82) is 0 Å². The van der Waals surface area contributed by atoms with Gasteiger partial charge in [0.15, 0.2) is 0 Å². The fourth-order valence-electron chi connectivity index (χ4n) is 1.73. The number of ether oxygens (including phenoxy) is 2. The lowest BCUT2D eigenvalue weighted by atomic mass is 9.97. The van der Waals surface area contributed by atoms with Crippen LogP contribution in [0.5, 0.6) is 11.5 Å². The second-order valence-corrected chi connectivity index (χ2v) is 3.75. The van der Waals surface area contributed by atoms with E-state index in [9.17, 15) is 13.2 Å². The summed E-state index contributed by atoms with van der Waals surface area (Å²) in [5.74, 6) is 0.140. The third kappa shape index (κ3) is 3.43. The molecule has 1 aromatic carbocycles. The molecule has 2 rings (SSSR count). The van der Waals surface area contributed by atoms with Gasteiger partial charge in [-0.25, -0.2) is 0 Å². The maximum Gasteiger partial charge on any atom is 0.573 e. The number of hydrogen-bond donors (Lipinski definition) is 1. The van der Waals surface area contributed by atoms with Gasteiger partial charge in [0, 0.05) is 17.7 Å². The van der Waals surface area contributed by atoms with Crippen molar-refractivity contribution in [2.24, 2.45) is 0 Å². The molecule has 0 spiro atoms. The summed E-state index contributed by atoms with van der Waals surface area (Å²) in [6.07, 6.45) is -3.73. The van der Waals surface area contributed by atoms with E-state index in [4.69, 9.17) is 4.74 Å². The van der Waals surface area contributed by atoms with Gasteiger partial charge in [-0.1, -0.05) is 6.07 Å². The zero-order valence-electron chi connectivity index (χ0n) is 9.58. The van der Waals surface area contributed by atoms with Crippen molar-refractivity contribution in [1.82, 2.24) is 5.32 Å². The molecule has 1 aliphatic heterocycles. The molecule has 1 aromatic rings. The van der Waals surface area contributed by atoms with Crippen molar-refractivity contribution in [2.75, 3.05) is 13.7 Å². The highest BCUT2D eigenvalue weighted by molar-refractivity contribution is 5.85. The lowest BCUT2D eigenvalue weighted by Gasteiger charge is -2.29. The monoisotopic (exact) mass is 283 g/mol. The first-order chi connectivity index (χ1) is 7.99. The molecular formula is C11H13ClF3NO2. The Hall–Kier alpha value is -1.14. The molecule has 1 heterocycles. The molecule has 0 amide bonds. The average Bonchev–Trinajstić information content (AvgIpc) is 2.15. The third-order valence-electron chi connectivity index (χ3n) is 2.64. The van der Waals surface area contributed by atoms with E-state index in [1.807, 2.05) is 0 Å². The summed E-state index contributed by atoms with van der Waals surface area (Å²) in [7, 11) is 1.43. The van der Waals surface area contributed by atoms with Crippen LogP contribution in [0.1, 0.15) is 18.0 Å². The number of nitrogens with one attached hydrogen (secondary N) is 1. The van der Waals surface area contributed by atoms with E-state index in [0.29, 0.717) is 5.75 Å². The van der Waals surface area contributed by atoms with Crippen LogP contribution in [0.15, 0.2) is 18.2 Å². The zero-order chi connectivity index (χ0) is 12.5. The summed E-state index contributed by atoms with van der Waals surface area (Å²) in [5, 5.41) is 3.16. The molecule has 102 valence electrons. The minimum absolute atomic E-state index is 0. The molecule has 1 fully saturated rings. The Morgan fingerprint density at radius 3 is 2.44 bits per heavy atom. The molecule has 0 bridgehead atoms. The fourth-order valence-corrected chi connectivity index (χ4v) is 1.73. The minimum atomic E-state index is -4.68. The molecule has 0 aliphatic carbocycles. The van der Waals surface area contributed by atoms with Crippen LogP contribution in [-0.4, -0.2) is 20.0 Å². The highest BCUT2D eigenvalue weighted by atomic mass is 35.5. The van der Waals surface area contributed by atoms with Crippen LogP contribution in [-0.2, 0) is 0 Å². The van der Waals surface area contributed by atoms with Crippen molar-refractivity contribution in [3.05, 3.63) is 23.8 Å². The second kappa shape index (κ2) is 5.67. The van der Waals surface area contributed by atoms with Crippen LogP contribution in [0.4, 0.5) is 13.2 Å². The molecule has 1 atom stereocenters. The number of alkyl halides is 3. The van der Waals surface area contributed by atoms with E-state index in [1.54, 1.807) is 6.07 Å². The summed E-state index contributed by atoms with van der Waals surface area (Å²) in [6, 6.07) is 4.30. The molecule has 1 aliphatic rings.